The second-order valence-corrected chi connectivity index (χ2v) is 3.90. The number of hydrogen-bond acceptors (Lipinski definition) is 4. The van der Waals surface area contributed by atoms with Gasteiger partial charge in [0.15, 0.2) is 0 Å². The quantitative estimate of drug-likeness (QED) is 0.862. The summed E-state index contributed by atoms with van der Waals surface area (Å²) >= 11 is 0. The molecule has 5 heteroatoms. The van der Waals surface area contributed by atoms with E-state index in [4.69, 9.17) is 10.5 Å². The van der Waals surface area contributed by atoms with Crippen LogP contribution in [0.25, 0.3) is 0 Å². The number of rotatable bonds is 5. The molecule has 0 atom stereocenters. The van der Waals surface area contributed by atoms with E-state index >= 15 is 0 Å². The predicted molar refractivity (Wildman–Crippen MR) is 73.4 cm³/mol. The van der Waals surface area contributed by atoms with Crippen molar-refractivity contribution < 1.29 is 9.53 Å². The molecule has 0 radical (unpaired) electrons. The number of primary amides is 1. The molecular weight excluding hydrogens is 242 g/mol. The number of aromatic nitrogens is 1. The van der Waals surface area contributed by atoms with Gasteiger partial charge in [-0.1, -0.05) is 0 Å². The van der Waals surface area contributed by atoms with E-state index in [1.807, 2.05) is 13.0 Å². The normalized spacial score (nSPS) is 9.95. The topological polar surface area (TPSA) is 77.2 Å². The predicted octanol–water partition coefficient (Wildman–Crippen LogP) is 2.40. The lowest BCUT2D eigenvalue weighted by atomic mass is 10.2. The summed E-state index contributed by atoms with van der Waals surface area (Å²) in [6.45, 7) is 2.79. The summed E-state index contributed by atoms with van der Waals surface area (Å²) in [4.78, 5) is 15.1. The van der Waals surface area contributed by atoms with Crippen molar-refractivity contribution in [1.29, 1.82) is 0 Å². The fourth-order valence-electron chi connectivity index (χ4n) is 1.58. The number of anilines is 1. The number of benzene rings is 1. The Labute approximate surface area is 111 Å². The molecule has 0 fully saturated rings. The molecule has 0 aliphatic rings. The first kappa shape index (κ1) is 12.9. The lowest BCUT2D eigenvalue weighted by Gasteiger charge is -2.08. The number of carbonyl (C=O) groups excluding carboxylic acids is 1. The van der Waals surface area contributed by atoms with Crippen molar-refractivity contribution in [3.63, 3.8) is 0 Å². The molecule has 1 aromatic carbocycles. The molecule has 0 saturated heterocycles. The van der Waals surface area contributed by atoms with Crippen molar-refractivity contribution in [3.8, 4) is 11.5 Å². The molecule has 2 rings (SSSR count). The minimum absolute atomic E-state index is 0.454. The molecule has 3 N–H and O–H groups in total. The van der Waals surface area contributed by atoms with Crippen LogP contribution in [0.2, 0.25) is 0 Å². The van der Waals surface area contributed by atoms with Gasteiger partial charge in [-0.3, -0.25) is 4.79 Å². The number of nitrogens with two attached hydrogens (primary N) is 1. The van der Waals surface area contributed by atoms with Gasteiger partial charge in [0.05, 0.1) is 0 Å². The molecule has 5 nitrogen and oxygen atoms in total. The average Bonchev–Trinajstić information content (AvgIpc) is 2.40. The molecule has 0 saturated carbocycles. The van der Waals surface area contributed by atoms with E-state index in [2.05, 4.69) is 10.3 Å². The smallest absolute Gasteiger partial charge is 0.248 e. The summed E-state index contributed by atoms with van der Waals surface area (Å²) in [6.07, 6.45) is 1.67. The van der Waals surface area contributed by atoms with E-state index in [0.717, 1.165) is 12.4 Å². The van der Waals surface area contributed by atoms with Gasteiger partial charge in [0.25, 0.3) is 0 Å². The van der Waals surface area contributed by atoms with Crippen LogP contribution in [-0.2, 0) is 0 Å². The third kappa shape index (κ3) is 3.45. The number of hydrogen-bond donors (Lipinski definition) is 2. The Bertz CT molecular complexity index is 567. The van der Waals surface area contributed by atoms with Gasteiger partial charge < -0.3 is 15.8 Å². The van der Waals surface area contributed by atoms with Gasteiger partial charge in [0.2, 0.25) is 5.91 Å². The van der Waals surface area contributed by atoms with Crippen LogP contribution in [-0.4, -0.2) is 17.4 Å². The summed E-state index contributed by atoms with van der Waals surface area (Å²) in [7, 11) is 0. The van der Waals surface area contributed by atoms with Gasteiger partial charge >= 0.3 is 0 Å². The number of nitrogens with one attached hydrogen (secondary N) is 1. The molecule has 0 bridgehead atoms. The van der Waals surface area contributed by atoms with Crippen LogP contribution in [0.15, 0.2) is 42.6 Å². The third-order valence-electron chi connectivity index (χ3n) is 2.46. The minimum atomic E-state index is -0.454. The fourth-order valence-corrected chi connectivity index (χ4v) is 1.58. The zero-order chi connectivity index (χ0) is 13.7. The van der Waals surface area contributed by atoms with Gasteiger partial charge in [-0.25, -0.2) is 4.98 Å². The van der Waals surface area contributed by atoms with Crippen LogP contribution in [0.1, 0.15) is 17.3 Å². The van der Waals surface area contributed by atoms with Crippen LogP contribution >= 0.6 is 0 Å². The van der Waals surface area contributed by atoms with E-state index in [-0.39, 0.29) is 0 Å². The molecule has 1 aromatic heterocycles. The van der Waals surface area contributed by atoms with E-state index < -0.39 is 5.91 Å². The minimum Gasteiger partial charge on any atom is -0.457 e. The molecule has 0 spiro atoms. The Kier molecular flexibility index (Phi) is 3.97. The second-order valence-electron chi connectivity index (χ2n) is 3.90. The Balaban J connectivity index is 2.12. The lowest BCUT2D eigenvalue weighted by Crippen LogP contribution is -2.10. The Morgan fingerprint density at radius 3 is 2.63 bits per heavy atom. The van der Waals surface area contributed by atoms with Gasteiger partial charge in [0, 0.05) is 24.4 Å². The number of amides is 1. The summed E-state index contributed by atoms with van der Waals surface area (Å²) in [6, 6.07) is 10.2. The van der Waals surface area contributed by atoms with Crippen molar-refractivity contribution in [2.24, 2.45) is 5.73 Å². The fraction of sp³-hybridized carbons (Fsp3) is 0.143. The molecular formula is C14H15N3O2. The maximum absolute atomic E-state index is 11.0. The summed E-state index contributed by atoms with van der Waals surface area (Å²) in [5.74, 6) is 1.62. The molecule has 98 valence electrons. The van der Waals surface area contributed by atoms with E-state index in [1.165, 1.54) is 0 Å². The third-order valence-corrected chi connectivity index (χ3v) is 2.46. The molecule has 0 aliphatic heterocycles. The monoisotopic (exact) mass is 257 g/mol. The zero-order valence-electron chi connectivity index (χ0n) is 10.6. The molecule has 19 heavy (non-hydrogen) atoms. The number of nitrogens with zero attached hydrogens (tertiary/aromatic N) is 1. The number of ether oxygens (including phenoxy) is 1. The Hall–Kier alpha value is -2.56. The molecule has 1 heterocycles. The lowest BCUT2D eigenvalue weighted by molar-refractivity contribution is 0.100. The second kappa shape index (κ2) is 5.86. The highest BCUT2D eigenvalue weighted by atomic mass is 16.5. The molecule has 0 unspecified atom stereocenters. The number of pyridine rings is 1. The standard InChI is InChI=1S/C14H15N3O2/c1-2-16-13-9-12(7-8-17-13)19-11-5-3-10(4-6-11)14(15)18/h3-9H,2H2,1H3,(H2,15,18)(H,16,17). The highest BCUT2D eigenvalue weighted by Crippen LogP contribution is 2.23. The summed E-state index contributed by atoms with van der Waals surface area (Å²) in [5.41, 5.74) is 5.63. The maximum Gasteiger partial charge on any atom is 0.248 e. The molecule has 2 aromatic rings. The van der Waals surface area contributed by atoms with Gasteiger partial charge in [0.1, 0.15) is 17.3 Å². The summed E-state index contributed by atoms with van der Waals surface area (Å²) < 4.78 is 5.67. The molecule has 0 aliphatic carbocycles. The van der Waals surface area contributed by atoms with Crippen molar-refractivity contribution in [2.45, 2.75) is 6.92 Å². The Morgan fingerprint density at radius 2 is 2.00 bits per heavy atom. The molecule has 1 amide bonds. The largest absolute Gasteiger partial charge is 0.457 e. The highest BCUT2D eigenvalue weighted by molar-refractivity contribution is 5.92. The van der Waals surface area contributed by atoms with Crippen LogP contribution in [0, 0.1) is 0 Å². The van der Waals surface area contributed by atoms with Crippen LogP contribution in [0.5, 0.6) is 11.5 Å². The maximum atomic E-state index is 11.0. The average molecular weight is 257 g/mol. The van der Waals surface area contributed by atoms with Crippen LogP contribution < -0.4 is 15.8 Å². The first-order chi connectivity index (χ1) is 9.19. The van der Waals surface area contributed by atoms with Crippen molar-refractivity contribution in [1.82, 2.24) is 4.98 Å². The van der Waals surface area contributed by atoms with Gasteiger partial charge in [-0.15, -0.1) is 0 Å². The zero-order valence-corrected chi connectivity index (χ0v) is 10.6. The van der Waals surface area contributed by atoms with Crippen molar-refractivity contribution in [2.75, 3.05) is 11.9 Å². The van der Waals surface area contributed by atoms with Crippen LogP contribution in [0.4, 0.5) is 5.82 Å². The van der Waals surface area contributed by atoms with Gasteiger partial charge in [-0.05, 0) is 37.3 Å². The van der Waals surface area contributed by atoms with Gasteiger partial charge in [-0.2, -0.15) is 0 Å². The van der Waals surface area contributed by atoms with E-state index in [0.29, 0.717) is 17.1 Å². The first-order valence-corrected chi connectivity index (χ1v) is 5.96. The highest BCUT2D eigenvalue weighted by Gasteiger charge is 2.02. The van der Waals surface area contributed by atoms with E-state index in [9.17, 15) is 4.79 Å². The first-order valence-electron chi connectivity index (χ1n) is 5.96. The SMILES string of the molecule is CCNc1cc(Oc2ccc(C(N)=O)cc2)ccn1. The van der Waals surface area contributed by atoms with E-state index in [1.54, 1.807) is 36.5 Å². The van der Waals surface area contributed by atoms with Crippen molar-refractivity contribution >= 4 is 11.7 Å². The van der Waals surface area contributed by atoms with Crippen LogP contribution in [0.3, 0.4) is 0 Å². The number of carbonyl (C=O) groups is 1. The van der Waals surface area contributed by atoms with Crippen molar-refractivity contribution in [3.05, 3.63) is 48.2 Å². The Morgan fingerprint density at radius 1 is 1.26 bits per heavy atom. The summed E-state index contributed by atoms with van der Waals surface area (Å²) in [5, 5.41) is 3.11.